The molecule has 0 spiro atoms. The summed E-state index contributed by atoms with van der Waals surface area (Å²) in [5, 5.41) is 1.19. The number of rotatable bonds is 4. The van der Waals surface area contributed by atoms with Crippen LogP contribution in [0.15, 0.2) is 57.1 Å². The van der Waals surface area contributed by atoms with E-state index in [4.69, 9.17) is 28.9 Å². The van der Waals surface area contributed by atoms with E-state index in [-0.39, 0.29) is 71.4 Å². The maximum absolute atomic E-state index is 15.8. The van der Waals surface area contributed by atoms with E-state index in [0.29, 0.717) is 17.7 Å². The first kappa shape index (κ1) is 34.6. The van der Waals surface area contributed by atoms with E-state index < -0.39 is 62.2 Å². The number of hydrogen-bond donors (Lipinski definition) is 2. The fourth-order valence-electron chi connectivity index (χ4n) is 6.91. The number of carbonyl (C=O) groups is 1. The van der Waals surface area contributed by atoms with Gasteiger partial charge in [-0.3, -0.25) is 28.5 Å². The Morgan fingerprint density at radius 2 is 1.90 bits per heavy atom. The summed E-state index contributed by atoms with van der Waals surface area (Å²) in [4.78, 5) is 50.0. The van der Waals surface area contributed by atoms with Gasteiger partial charge in [-0.2, -0.15) is 13.2 Å². The highest BCUT2D eigenvalue weighted by atomic mass is 35.5. The quantitative estimate of drug-likeness (QED) is 0.205. The number of allylic oxidation sites excluding steroid dienone is 4. The number of amides is 1. The Bertz CT molecular complexity index is 2100. The summed E-state index contributed by atoms with van der Waals surface area (Å²) in [6.07, 6.45) is -2.39. The highest BCUT2D eigenvalue weighted by molar-refractivity contribution is 6.32. The van der Waals surface area contributed by atoms with Crippen molar-refractivity contribution in [2.45, 2.75) is 57.1 Å². The number of nitrogens with two attached hydrogens (primary N) is 1. The maximum Gasteiger partial charge on any atom is 0.431 e. The number of hydrogen-bond acceptors (Lipinski definition) is 7. The predicted molar refractivity (Wildman–Crippen MR) is 182 cm³/mol. The summed E-state index contributed by atoms with van der Waals surface area (Å²) in [6, 6.07) is 1.92. The van der Waals surface area contributed by atoms with Crippen molar-refractivity contribution < 1.29 is 22.4 Å². The number of aromatic nitrogens is 3. The van der Waals surface area contributed by atoms with Gasteiger partial charge in [0.1, 0.15) is 22.6 Å². The zero-order valence-electron chi connectivity index (χ0n) is 26.8. The van der Waals surface area contributed by atoms with E-state index in [0.717, 1.165) is 10.6 Å². The average molecular weight is 723 g/mol. The third-order valence-electron chi connectivity index (χ3n) is 9.21. The molecule has 0 aromatic carbocycles. The molecule has 3 aromatic rings. The summed E-state index contributed by atoms with van der Waals surface area (Å²) >= 11 is 12.4. The number of halogens is 6. The first-order chi connectivity index (χ1) is 23.1. The number of piperazine rings is 1. The zero-order chi connectivity index (χ0) is 35.7. The van der Waals surface area contributed by atoms with Gasteiger partial charge in [-0.15, -0.1) is 11.6 Å². The Labute approximate surface area is 288 Å². The van der Waals surface area contributed by atoms with E-state index in [2.05, 4.69) is 16.9 Å². The summed E-state index contributed by atoms with van der Waals surface area (Å²) in [6.45, 7) is 9.66. The molecule has 0 radical (unpaired) electrons. The van der Waals surface area contributed by atoms with Gasteiger partial charge in [-0.05, 0) is 43.0 Å². The van der Waals surface area contributed by atoms with Gasteiger partial charge in [0.25, 0.3) is 11.1 Å². The lowest BCUT2D eigenvalue weighted by Gasteiger charge is -2.42. The standard InChI is InChI=1S/C33H33Cl2F4N7O3/c1-5-22(47)43-10-11-44-17(14-43)7-9-42-26-28(44)18-12-21(33(37,38)39)45(30-23(36)19(34)13-20(35)24(30)40)32(49)29(18)46(31(26)48)27-16(4)6-8-41-25(27)15(2)3/h5-6,8,12,15,17,20,42H,1,7,9-11,13-14,40H2,2-4H3/t17?,20-/m1/s1. The van der Waals surface area contributed by atoms with Gasteiger partial charge < -0.3 is 20.9 Å². The lowest BCUT2D eigenvalue weighted by Crippen LogP contribution is -2.54. The Balaban J connectivity index is 1.83. The maximum atomic E-state index is 15.8. The molecule has 0 bridgehead atoms. The second-order valence-electron chi connectivity index (χ2n) is 12.6. The van der Waals surface area contributed by atoms with Crippen molar-refractivity contribution in [1.29, 1.82) is 0 Å². The van der Waals surface area contributed by atoms with Crippen LogP contribution in [0.25, 0.3) is 22.3 Å². The van der Waals surface area contributed by atoms with Crippen LogP contribution in [0.1, 0.15) is 49.6 Å². The number of pyridine rings is 3. The lowest BCUT2D eigenvalue weighted by molar-refractivity contribution is -0.142. The van der Waals surface area contributed by atoms with Gasteiger partial charge in [0, 0.05) is 50.2 Å². The van der Waals surface area contributed by atoms with Crippen molar-refractivity contribution in [2.75, 3.05) is 36.4 Å². The topological polar surface area (TPSA) is 118 Å². The molecular formula is C33H33Cl2F4N7O3. The highest BCUT2D eigenvalue weighted by Crippen LogP contribution is 2.43. The molecule has 2 atom stereocenters. The van der Waals surface area contributed by atoms with Crippen LogP contribution < -0.4 is 27.1 Å². The third kappa shape index (κ3) is 5.58. The van der Waals surface area contributed by atoms with E-state index in [9.17, 15) is 14.4 Å². The molecule has 1 amide bonds. The van der Waals surface area contributed by atoms with E-state index >= 15 is 17.6 Å². The number of anilines is 2. The molecule has 49 heavy (non-hydrogen) atoms. The number of aryl methyl sites for hydroxylation is 1. The van der Waals surface area contributed by atoms with Crippen LogP contribution in [0.2, 0.25) is 0 Å². The molecular weight excluding hydrogens is 689 g/mol. The second kappa shape index (κ2) is 12.5. The third-order valence-corrected chi connectivity index (χ3v) is 9.91. The van der Waals surface area contributed by atoms with Crippen LogP contribution in [-0.4, -0.2) is 62.5 Å². The van der Waals surface area contributed by atoms with Crippen molar-refractivity contribution in [2.24, 2.45) is 5.73 Å². The fraction of sp³-hybridized carbons (Fsp3) is 0.394. The van der Waals surface area contributed by atoms with Gasteiger partial charge in [-0.1, -0.05) is 32.0 Å². The molecule has 3 aliphatic rings. The minimum absolute atomic E-state index is 0.0203. The summed E-state index contributed by atoms with van der Waals surface area (Å²) in [5.41, 5.74) is 1.74. The highest BCUT2D eigenvalue weighted by Gasteiger charge is 2.42. The first-order valence-electron chi connectivity index (χ1n) is 15.6. The van der Waals surface area contributed by atoms with E-state index in [1.807, 2.05) is 13.8 Å². The Hall–Kier alpha value is -4.30. The normalized spacial score (nSPS) is 20.0. The summed E-state index contributed by atoms with van der Waals surface area (Å²) in [5.74, 6) is -1.93. The second-order valence-corrected chi connectivity index (χ2v) is 13.5. The molecule has 3 aromatic heterocycles. The number of nitrogens with one attached hydrogen (secondary N) is 1. The van der Waals surface area contributed by atoms with Gasteiger partial charge >= 0.3 is 6.18 Å². The van der Waals surface area contributed by atoms with E-state index in [1.165, 1.54) is 12.3 Å². The summed E-state index contributed by atoms with van der Waals surface area (Å²) in [7, 11) is 0. The van der Waals surface area contributed by atoms with Gasteiger partial charge in [0.2, 0.25) is 5.91 Å². The Morgan fingerprint density at radius 3 is 2.55 bits per heavy atom. The molecule has 10 nitrogen and oxygen atoms in total. The van der Waals surface area contributed by atoms with Crippen LogP contribution in [-0.2, 0) is 11.0 Å². The SMILES string of the molecule is C=CC(=O)N1CCN2c3c(c(=O)n(-c4c(C)ccnc4C(C)C)c4c(=O)n(C5=C(N)[C@H](Cl)CC(Cl)=C5F)c(C(F)(F)F)cc34)NCCC2C1. The largest absolute Gasteiger partial charge is 0.431 e. The molecule has 6 rings (SSSR count). The fourth-order valence-corrected chi connectivity index (χ4v) is 7.49. The molecule has 1 fully saturated rings. The van der Waals surface area contributed by atoms with Crippen LogP contribution in [0, 0.1) is 6.92 Å². The molecule has 1 aliphatic carbocycles. The number of nitrogens with zero attached hydrogens (tertiary/aromatic N) is 5. The minimum atomic E-state index is -5.22. The van der Waals surface area contributed by atoms with Crippen LogP contribution in [0.3, 0.4) is 0 Å². The molecule has 1 saturated heterocycles. The molecule has 5 heterocycles. The van der Waals surface area contributed by atoms with Crippen molar-refractivity contribution in [3.05, 3.63) is 85.2 Å². The average Bonchev–Trinajstić information content (AvgIpc) is 3.24. The minimum Gasteiger partial charge on any atom is -0.399 e. The first-order valence-corrected chi connectivity index (χ1v) is 16.4. The number of alkyl halides is 4. The number of fused-ring (bicyclic) bond motifs is 5. The van der Waals surface area contributed by atoms with Gasteiger partial charge in [-0.25, -0.2) is 4.39 Å². The monoisotopic (exact) mass is 721 g/mol. The smallest absolute Gasteiger partial charge is 0.399 e. The Kier molecular flexibility index (Phi) is 8.85. The molecule has 0 saturated carbocycles. The number of carbonyl (C=O) groups excluding carboxylic acids is 1. The van der Waals surface area contributed by atoms with E-state index in [1.54, 1.807) is 22.8 Å². The van der Waals surface area contributed by atoms with Crippen LogP contribution in [0.4, 0.5) is 28.9 Å². The van der Waals surface area contributed by atoms with Crippen molar-refractivity contribution in [1.82, 2.24) is 19.0 Å². The molecule has 2 aliphatic heterocycles. The van der Waals surface area contributed by atoms with Crippen LogP contribution >= 0.6 is 23.2 Å². The lowest BCUT2D eigenvalue weighted by atomic mass is 10.0. The zero-order valence-corrected chi connectivity index (χ0v) is 28.3. The van der Waals surface area contributed by atoms with Crippen LogP contribution in [0.5, 0.6) is 0 Å². The predicted octanol–water partition coefficient (Wildman–Crippen LogP) is 5.58. The molecule has 16 heteroatoms. The van der Waals surface area contributed by atoms with Crippen molar-refractivity contribution in [3.8, 4) is 5.69 Å². The van der Waals surface area contributed by atoms with Gasteiger partial charge in [0.15, 0.2) is 5.83 Å². The van der Waals surface area contributed by atoms with Crippen molar-refractivity contribution >= 4 is 57.1 Å². The van der Waals surface area contributed by atoms with Crippen molar-refractivity contribution in [3.63, 3.8) is 0 Å². The molecule has 1 unspecified atom stereocenters. The van der Waals surface area contributed by atoms with Gasteiger partial charge in [0.05, 0.1) is 33.2 Å². The molecule has 260 valence electrons. The Morgan fingerprint density at radius 1 is 1.18 bits per heavy atom. The molecule has 3 N–H and O–H groups in total. The summed E-state index contributed by atoms with van der Waals surface area (Å²) < 4.78 is 62.4.